The van der Waals surface area contributed by atoms with Gasteiger partial charge in [0.15, 0.2) is 0 Å². The van der Waals surface area contributed by atoms with Crippen LogP contribution in [0.5, 0.6) is 17.2 Å². The fourth-order valence-corrected chi connectivity index (χ4v) is 4.23. The van der Waals surface area contributed by atoms with Crippen LogP contribution < -0.4 is 19.5 Å². The Kier molecular flexibility index (Phi) is 6.04. The van der Waals surface area contributed by atoms with Gasteiger partial charge in [0.25, 0.3) is 0 Å². The normalized spacial score (nSPS) is 16.7. The zero-order chi connectivity index (χ0) is 19.3. The first-order chi connectivity index (χ1) is 12.9. The molecule has 0 spiro atoms. The van der Waals surface area contributed by atoms with Gasteiger partial charge in [-0.05, 0) is 79.9 Å². The highest BCUT2D eigenvalue weighted by molar-refractivity contribution is 7.89. The van der Waals surface area contributed by atoms with Gasteiger partial charge in [0.05, 0.1) is 12.0 Å². The van der Waals surface area contributed by atoms with Crippen LogP contribution in [0.4, 0.5) is 0 Å². The number of benzene rings is 2. The summed E-state index contributed by atoms with van der Waals surface area (Å²) in [4.78, 5) is 0.238. The third-order valence-electron chi connectivity index (χ3n) is 4.93. The van der Waals surface area contributed by atoms with Gasteiger partial charge in [0.2, 0.25) is 10.0 Å². The zero-order valence-electron chi connectivity index (χ0n) is 15.7. The van der Waals surface area contributed by atoms with E-state index < -0.39 is 10.0 Å². The molecule has 0 radical (unpaired) electrons. The van der Waals surface area contributed by atoms with Gasteiger partial charge in [-0.2, -0.15) is 0 Å². The molecule has 2 aromatic rings. The quantitative estimate of drug-likeness (QED) is 0.759. The number of piperidine rings is 1. The maximum atomic E-state index is 12.6. The molecule has 0 aromatic heterocycles. The number of sulfonamides is 1. The van der Waals surface area contributed by atoms with Crippen LogP contribution in [-0.2, 0) is 10.0 Å². The summed E-state index contributed by atoms with van der Waals surface area (Å²) < 4.78 is 38.8. The summed E-state index contributed by atoms with van der Waals surface area (Å²) in [6.45, 7) is 4.43. The van der Waals surface area contributed by atoms with Crippen molar-refractivity contribution in [2.45, 2.75) is 24.7 Å². The lowest BCUT2D eigenvalue weighted by Gasteiger charge is -2.34. The predicted molar refractivity (Wildman–Crippen MR) is 105 cm³/mol. The molecule has 0 aliphatic carbocycles. The second-order valence-electron chi connectivity index (χ2n) is 7.13. The van der Waals surface area contributed by atoms with Gasteiger partial charge in [-0.3, -0.25) is 0 Å². The largest absolute Gasteiger partial charge is 0.497 e. The molecule has 1 aliphatic heterocycles. The van der Waals surface area contributed by atoms with Gasteiger partial charge < -0.3 is 14.8 Å². The molecule has 1 heterocycles. The van der Waals surface area contributed by atoms with Crippen molar-refractivity contribution in [3.8, 4) is 17.2 Å². The van der Waals surface area contributed by atoms with Crippen LogP contribution in [0, 0.1) is 5.41 Å². The molecule has 3 rings (SSSR count). The van der Waals surface area contributed by atoms with E-state index in [0.717, 1.165) is 31.7 Å². The summed E-state index contributed by atoms with van der Waals surface area (Å²) in [7, 11) is -1.93. The molecular formula is C20H26N2O4S. The Morgan fingerprint density at radius 1 is 0.963 bits per heavy atom. The summed E-state index contributed by atoms with van der Waals surface area (Å²) in [6, 6.07) is 13.6. The molecular weight excluding hydrogens is 364 g/mol. The van der Waals surface area contributed by atoms with Gasteiger partial charge >= 0.3 is 0 Å². The molecule has 0 amide bonds. The lowest BCUT2D eigenvalue weighted by Crippen LogP contribution is -2.42. The monoisotopic (exact) mass is 390 g/mol. The van der Waals surface area contributed by atoms with E-state index in [1.54, 1.807) is 55.6 Å². The molecule has 6 nitrogen and oxygen atoms in total. The second-order valence-corrected chi connectivity index (χ2v) is 8.90. The molecule has 2 aromatic carbocycles. The Hall–Kier alpha value is -2.09. The van der Waals surface area contributed by atoms with Crippen LogP contribution in [-0.4, -0.2) is 35.2 Å². The van der Waals surface area contributed by atoms with Crippen molar-refractivity contribution >= 4 is 10.0 Å². The maximum absolute atomic E-state index is 12.6. The van der Waals surface area contributed by atoms with Gasteiger partial charge in [0, 0.05) is 6.54 Å². The van der Waals surface area contributed by atoms with Gasteiger partial charge in [-0.1, -0.05) is 6.92 Å². The van der Waals surface area contributed by atoms with Crippen molar-refractivity contribution < 1.29 is 17.9 Å². The first kappa shape index (κ1) is 19.7. The van der Waals surface area contributed by atoms with Crippen molar-refractivity contribution in [1.82, 2.24) is 10.0 Å². The Labute approximate surface area is 160 Å². The Balaban J connectivity index is 1.62. The Morgan fingerprint density at radius 3 is 2.04 bits per heavy atom. The van der Waals surface area contributed by atoms with Crippen LogP contribution in [0.25, 0.3) is 0 Å². The van der Waals surface area contributed by atoms with Gasteiger partial charge in [-0.15, -0.1) is 0 Å². The first-order valence-corrected chi connectivity index (χ1v) is 10.5. The minimum Gasteiger partial charge on any atom is -0.497 e. The number of ether oxygens (including phenoxy) is 2. The summed E-state index contributed by atoms with van der Waals surface area (Å²) in [5, 5.41) is 3.30. The zero-order valence-corrected chi connectivity index (χ0v) is 16.5. The average molecular weight is 391 g/mol. The Bertz CT molecular complexity index is 843. The number of rotatable bonds is 7. The number of methoxy groups -OCH3 is 1. The fraction of sp³-hybridized carbons (Fsp3) is 0.400. The van der Waals surface area contributed by atoms with Crippen LogP contribution in [0.15, 0.2) is 53.4 Å². The number of nitrogens with one attached hydrogen (secondary N) is 2. The summed E-state index contributed by atoms with van der Waals surface area (Å²) in [5.74, 6) is 1.98. The number of hydrogen-bond donors (Lipinski definition) is 2. The van der Waals surface area contributed by atoms with E-state index in [-0.39, 0.29) is 10.3 Å². The molecule has 7 heteroatoms. The van der Waals surface area contributed by atoms with Crippen molar-refractivity contribution in [1.29, 1.82) is 0 Å². The topological polar surface area (TPSA) is 76.7 Å². The number of hydrogen-bond acceptors (Lipinski definition) is 5. The molecule has 146 valence electrons. The minimum atomic E-state index is -3.54. The van der Waals surface area contributed by atoms with E-state index in [4.69, 9.17) is 9.47 Å². The molecule has 0 saturated carbocycles. The molecule has 27 heavy (non-hydrogen) atoms. The fourth-order valence-electron chi connectivity index (χ4n) is 3.03. The summed E-state index contributed by atoms with van der Waals surface area (Å²) in [6.07, 6.45) is 1.92. The second kappa shape index (κ2) is 8.29. The van der Waals surface area contributed by atoms with Crippen molar-refractivity contribution in [2.75, 3.05) is 26.7 Å². The van der Waals surface area contributed by atoms with Crippen LogP contribution in [0.1, 0.15) is 19.8 Å². The minimum absolute atomic E-state index is 0.00423. The molecule has 0 atom stereocenters. The van der Waals surface area contributed by atoms with Crippen LogP contribution in [0.3, 0.4) is 0 Å². The molecule has 2 N–H and O–H groups in total. The van der Waals surface area contributed by atoms with Gasteiger partial charge in [-0.25, -0.2) is 13.1 Å². The SMILES string of the molecule is COc1ccc(Oc2ccc(S(=O)(=O)NCC3(C)CCNCC3)cc2)cc1. The molecule has 1 fully saturated rings. The van der Waals surface area contributed by atoms with Gasteiger partial charge in [0.1, 0.15) is 17.2 Å². The maximum Gasteiger partial charge on any atom is 0.240 e. The average Bonchev–Trinajstić information content (AvgIpc) is 2.68. The highest BCUT2D eigenvalue weighted by Gasteiger charge is 2.28. The lowest BCUT2D eigenvalue weighted by atomic mass is 9.81. The van der Waals surface area contributed by atoms with Crippen molar-refractivity contribution in [3.05, 3.63) is 48.5 Å². The highest BCUT2D eigenvalue weighted by Crippen LogP contribution is 2.28. The lowest BCUT2D eigenvalue weighted by molar-refractivity contribution is 0.232. The standard InChI is InChI=1S/C20H26N2O4S/c1-20(11-13-21-14-12-20)15-22-27(23,24)19-9-7-18(8-10-19)26-17-5-3-16(25-2)4-6-17/h3-10,21-22H,11-15H2,1-2H3. The smallest absolute Gasteiger partial charge is 0.240 e. The molecule has 0 unspecified atom stereocenters. The summed E-state index contributed by atoms with van der Waals surface area (Å²) in [5.41, 5.74) is -0.00423. The predicted octanol–water partition coefficient (Wildman–Crippen LogP) is 3.16. The van der Waals surface area contributed by atoms with Crippen LogP contribution >= 0.6 is 0 Å². The van der Waals surface area contributed by atoms with Crippen molar-refractivity contribution in [3.63, 3.8) is 0 Å². The highest BCUT2D eigenvalue weighted by atomic mass is 32.2. The van der Waals surface area contributed by atoms with E-state index in [1.165, 1.54) is 0 Å². The first-order valence-electron chi connectivity index (χ1n) is 9.03. The Morgan fingerprint density at radius 2 is 1.48 bits per heavy atom. The van der Waals surface area contributed by atoms with E-state index in [0.29, 0.717) is 18.0 Å². The van der Waals surface area contributed by atoms with Crippen LogP contribution in [0.2, 0.25) is 0 Å². The molecule has 0 bridgehead atoms. The third kappa shape index (κ3) is 5.22. The van der Waals surface area contributed by atoms with E-state index in [2.05, 4.69) is 17.0 Å². The third-order valence-corrected chi connectivity index (χ3v) is 6.35. The molecule has 1 saturated heterocycles. The van der Waals surface area contributed by atoms with Crippen molar-refractivity contribution in [2.24, 2.45) is 5.41 Å². The van der Waals surface area contributed by atoms with E-state index in [9.17, 15) is 8.42 Å². The molecule has 1 aliphatic rings. The van der Waals surface area contributed by atoms with E-state index >= 15 is 0 Å². The summed E-state index contributed by atoms with van der Waals surface area (Å²) >= 11 is 0. The van der Waals surface area contributed by atoms with E-state index in [1.807, 2.05) is 0 Å².